The standard InChI is InChI=1S/C14H18N2O6/c1-9(17)10(2)22-14(18)11-4-5-12(15-6-7-21-3)13(8-11)16(19)20/h4-5,8,10,15H,6-7H2,1-3H3/t10-/m0/s1. The molecular weight excluding hydrogens is 292 g/mol. The summed E-state index contributed by atoms with van der Waals surface area (Å²) in [6, 6.07) is 3.93. The van der Waals surface area contributed by atoms with Gasteiger partial charge in [-0.3, -0.25) is 14.9 Å². The molecule has 1 N–H and O–H groups in total. The van der Waals surface area contributed by atoms with E-state index in [1.165, 1.54) is 33.1 Å². The maximum atomic E-state index is 11.9. The summed E-state index contributed by atoms with van der Waals surface area (Å²) in [4.78, 5) is 33.4. The number of methoxy groups -OCH3 is 1. The number of esters is 1. The highest BCUT2D eigenvalue weighted by molar-refractivity contribution is 5.93. The van der Waals surface area contributed by atoms with Crippen LogP contribution in [0.1, 0.15) is 24.2 Å². The summed E-state index contributed by atoms with van der Waals surface area (Å²) >= 11 is 0. The molecule has 0 amide bonds. The zero-order valence-corrected chi connectivity index (χ0v) is 12.6. The maximum Gasteiger partial charge on any atom is 0.339 e. The highest BCUT2D eigenvalue weighted by Crippen LogP contribution is 2.26. The van der Waals surface area contributed by atoms with E-state index >= 15 is 0 Å². The zero-order valence-electron chi connectivity index (χ0n) is 12.6. The number of ether oxygens (including phenoxy) is 2. The third-order valence-electron chi connectivity index (χ3n) is 2.91. The van der Waals surface area contributed by atoms with E-state index in [0.29, 0.717) is 13.2 Å². The minimum atomic E-state index is -0.897. The molecule has 8 nitrogen and oxygen atoms in total. The summed E-state index contributed by atoms with van der Waals surface area (Å²) in [5.41, 5.74) is 0.0383. The highest BCUT2D eigenvalue weighted by Gasteiger charge is 2.20. The number of nitrogens with zero attached hydrogens (tertiary/aromatic N) is 1. The number of nitro groups is 1. The highest BCUT2D eigenvalue weighted by atomic mass is 16.6. The fraction of sp³-hybridized carbons (Fsp3) is 0.429. The molecule has 0 saturated heterocycles. The van der Waals surface area contributed by atoms with Crippen molar-refractivity contribution in [1.82, 2.24) is 0 Å². The van der Waals surface area contributed by atoms with E-state index in [0.717, 1.165) is 6.07 Å². The number of ketones is 1. The predicted octanol–water partition coefficient (Wildman–Crippen LogP) is 1.79. The molecule has 8 heteroatoms. The lowest BCUT2D eigenvalue weighted by Crippen LogP contribution is -2.22. The number of rotatable bonds is 8. The molecule has 1 aromatic carbocycles. The fourth-order valence-corrected chi connectivity index (χ4v) is 1.56. The van der Waals surface area contributed by atoms with E-state index in [-0.39, 0.29) is 22.7 Å². The van der Waals surface area contributed by atoms with Crippen LogP contribution in [0.3, 0.4) is 0 Å². The number of carbonyl (C=O) groups is 2. The molecule has 120 valence electrons. The van der Waals surface area contributed by atoms with Crippen LogP contribution in [0, 0.1) is 10.1 Å². The van der Waals surface area contributed by atoms with Crippen molar-refractivity contribution in [1.29, 1.82) is 0 Å². The smallest absolute Gasteiger partial charge is 0.339 e. The van der Waals surface area contributed by atoms with Crippen molar-refractivity contribution >= 4 is 23.1 Å². The van der Waals surface area contributed by atoms with Crippen molar-refractivity contribution < 1.29 is 24.0 Å². The topological polar surface area (TPSA) is 108 Å². The lowest BCUT2D eigenvalue weighted by molar-refractivity contribution is -0.384. The first-order valence-electron chi connectivity index (χ1n) is 6.59. The minimum absolute atomic E-state index is 0.0112. The lowest BCUT2D eigenvalue weighted by Gasteiger charge is -2.11. The van der Waals surface area contributed by atoms with Gasteiger partial charge in [0.2, 0.25) is 0 Å². The molecule has 0 radical (unpaired) electrons. The van der Waals surface area contributed by atoms with E-state index < -0.39 is 17.0 Å². The van der Waals surface area contributed by atoms with Crippen molar-refractivity contribution in [3.63, 3.8) is 0 Å². The number of Topliss-reactive ketones (excluding diaryl/α,β-unsaturated/α-hetero) is 1. The van der Waals surface area contributed by atoms with E-state index in [4.69, 9.17) is 9.47 Å². The first-order chi connectivity index (χ1) is 10.4. The third-order valence-corrected chi connectivity index (χ3v) is 2.91. The third kappa shape index (κ3) is 4.81. The molecule has 0 spiro atoms. The van der Waals surface area contributed by atoms with E-state index in [1.54, 1.807) is 0 Å². The van der Waals surface area contributed by atoms with Gasteiger partial charge in [0, 0.05) is 19.7 Å². The largest absolute Gasteiger partial charge is 0.451 e. The van der Waals surface area contributed by atoms with Crippen molar-refractivity contribution in [2.24, 2.45) is 0 Å². The molecule has 22 heavy (non-hydrogen) atoms. The Balaban J connectivity index is 2.94. The van der Waals surface area contributed by atoms with Gasteiger partial charge in [-0.15, -0.1) is 0 Å². The Morgan fingerprint density at radius 3 is 2.64 bits per heavy atom. The second-order valence-electron chi connectivity index (χ2n) is 4.57. The van der Waals surface area contributed by atoms with Crippen LogP contribution in [-0.4, -0.2) is 43.0 Å². The van der Waals surface area contributed by atoms with Crippen LogP contribution in [0.4, 0.5) is 11.4 Å². The Hall–Kier alpha value is -2.48. The summed E-state index contributed by atoms with van der Waals surface area (Å²) in [6.45, 7) is 3.51. The Bertz CT molecular complexity index is 572. The molecule has 0 heterocycles. The van der Waals surface area contributed by atoms with E-state index in [2.05, 4.69) is 5.32 Å². The second-order valence-corrected chi connectivity index (χ2v) is 4.57. The van der Waals surface area contributed by atoms with Crippen molar-refractivity contribution in [2.45, 2.75) is 20.0 Å². The number of hydrogen-bond acceptors (Lipinski definition) is 7. The normalized spacial score (nSPS) is 11.6. The van der Waals surface area contributed by atoms with Gasteiger partial charge in [-0.05, 0) is 26.0 Å². The van der Waals surface area contributed by atoms with Crippen LogP contribution in [0.2, 0.25) is 0 Å². The first-order valence-corrected chi connectivity index (χ1v) is 6.59. The van der Waals surface area contributed by atoms with Crippen LogP contribution in [0.5, 0.6) is 0 Å². The maximum absolute atomic E-state index is 11.9. The van der Waals surface area contributed by atoms with Crippen LogP contribution in [0.25, 0.3) is 0 Å². The number of anilines is 1. The van der Waals surface area contributed by atoms with Crippen molar-refractivity contribution in [3.05, 3.63) is 33.9 Å². The summed E-state index contributed by atoms with van der Waals surface area (Å²) in [5.74, 6) is -1.09. The molecule has 0 saturated carbocycles. The van der Waals surface area contributed by atoms with E-state index in [1.807, 2.05) is 0 Å². The van der Waals surface area contributed by atoms with Crippen LogP contribution in [0.15, 0.2) is 18.2 Å². The second kappa shape index (κ2) is 8.08. The molecule has 1 aromatic rings. The van der Waals surface area contributed by atoms with Gasteiger partial charge in [0.15, 0.2) is 11.9 Å². The van der Waals surface area contributed by atoms with E-state index in [9.17, 15) is 19.7 Å². The summed E-state index contributed by atoms with van der Waals surface area (Å²) in [7, 11) is 1.52. The van der Waals surface area contributed by atoms with Gasteiger partial charge in [-0.2, -0.15) is 0 Å². The number of hydrogen-bond donors (Lipinski definition) is 1. The van der Waals surface area contributed by atoms with Crippen LogP contribution in [-0.2, 0) is 14.3 Å². The molecule has 1 atom stereocenters. The first kappa shape index (κ1) is 17.6. The average molecular weight is 310 g/mol. The number of nitrogens with one attached hydrogen (secondary N) is 1. The number of carbonyl (C=O) groups excluding carboxylic acids is 2. The Morgan fingerprint density at radius 1 is 1.41 bits per heavy atom. The van der Waals surface area contributed by atoms with Crippen molar-refractivity contribution in [2.75, 3.05) is 25.6 Å². The van der Waals surface area contributed by atoms with Crippen LogP contribution < -0.4 is 5.32 Å². The van der Waals surface area contributed by atoms with Gasteiger partial charge in [-0.25, -0.2) is 4.79 Å². The fourth-order valence-electron chi connectivity index (χ4n) is 1.56. The van der Waals surface area contributed by atoms with Gasteiger partial charge in [0.1, 0.15) is 5.69 Å². The van der Waals surface area contributed by atoms with Gasteiger partial charge < -0.3 is 14.8 Å². The van der Waals surface area contributed by atoms with Gasteiger partial charge >= 0.3 is 5.97 Å². The molecule has 0 aliphatic carbocycles. The molecule has 0 unspecified atom stereocenters. The minimum Gasteiger partial charge on any atom is -0.451 e. The number of benzene rings is 1. The zero-order chi connectivity index (χ0) is 16.7. The summed E-state index contributed by atoms with van der Waals surface area (Å²) in [6.07, 6.45) is -0.897. The molecule has 1 rings (SSSR count). The Kier molecular flexibility index (Phi) is 6.46. The molecule has 0 fully saturated rings. The summed E-state index contributed by atoms with van der Waals surface area (Å²) in [5, 5.41) is 13.9. The van der Waals surface area contributed by atoms with Crippen molar-refractivity contribution in [3.8, 4) is 0 Å². The lowest BCUT2D eigenvalue weighted by atomic mass is 10.1. The SMILES string of the molecule is COCCNc1ccc(C(=O)O[C@@H](C)C(C)=O)cc1[N+](=O)[O-]. The Labute approximate surface area is 127 Å². The quantitative estimate of drug-likeness (QED) is 0.337. The molecule has 0 aliphatic heterocycles. The average Bonchev–Trinajstić information content (AvgIpc) is 2.47. The van der Waals surface area contributed by atoms with Gasteiger partial charge in [-0.1, -0.05) is 0 Å². The predicted molar refractivity (Wildman–Crippen MR) is 79.0 cm³/mol. The monoisotopic (exact) mass is 310 g/mol. The van der Waals surface area contributed by atoms with Gasteiger partial charge in [0.25, 0.3) is 5.69 Å². The number of nitro benzene ring substituents is 1. The molecule has 0 aromatic heterocycles. The molecule has 0 bridgehead atoms. The van der Waals surface area contributed by atoms with Crippen LogP contribution >= 0.6 is 0 Å². The summed E-state index contributed by atoms with van der Waals surface area (Å²) < 4.78 is 9.77. The van der Waals surface area contributed by atoms with Gasteiger partial charge in [0.05, 0.1) is 17.1 Å². The molecular formula is C14H18N2O6. The molecule has 0 aliphatic rings. The Morgan fingerprint density at radius 2 is 2.09 bits per heavy atom.